The van der Waals surface area contributed by atoms with Gasteiger partial charge in [-0.3, -0.25) is 4.79 Å². The van der Waals surface area contributed by atoms with Crippen LogP contribution in [0.3, 0.4) is 0 Å². The Labute approximate surface area is 224 Å². The predicted octanol–water partition coefficient (Wildman–Crippen LogP) is 7.99. The Bertz CT molecular complexity index is 1400. The summed E-state index contributed by atoms with van der Waals surface area (Å²) < 4.78 is 5.77. The van der Waals surface area contributed by atoms with Gasteiger partial charge in [0, 0.05) is 17.0 Å². The molecule has 3 aromatic carbocycles. The number of hydrogen-bond acceptors (Lipinski definition) is 4. The van der Waals surface area contributed by atoms with Crippen molar-refractivity contribution in [2.75, 3.05) is 5.32 Å². The minimum Gasteiger partial charge on any atom is -0.481 e. The number of rotatable bonds is 10. The number of carbonyl (C=O) groups is 1. The summed E-state index contributed by atoms with van der Waals surface area (Å²) in [6.45, 7) is 8.74. The van der Waals surface area contributed by atoms with Gasteiger partial charge in [0.2, 0.25) is 0 Å². The molecular weight excluding hydrogens is 472 g/mol. The molecule has 0 bridgehead atoms. The minimum atomic E-state index is -0.729. The van der Waals surface area contributed by atoms with E-state index in [9.17, 15) is 9.90 Å². The van der Waals surface area contributed by atoms with Crippen LogP contribution in [0.15, 0.2) is 83.4 Å². The van der Waals surface area contributed by atoms with Gasteiger partial charge in [0.1, 0.15) is 11.4 Å². The smallest absolute Gasteiger partial charge is 0.304 e. The maximum Gasteiger partial charge on any atom is 0.304 e. The number of anilines is 1. The molecule has 1 saturated carbocycles. The Morgan fingerprint density at radius 3 is 2.13 bits per heavy atom. The van der Waals surface area contributed by atoms with Crippen molar-refractivity contribution in [3.8, 4) is 22.5 Å². The van der Waals surface area contributed by atoms with E-state index in [1.807, 2.05) is 6.92 Å². The first-order valence-corrected chi connectivity index (χ1v) is 13.4. The molecule has 0 radical (unpaired) electrons. The molecule has 0 aliphatic heterocycles. The molecule has 1 heterocycles. The molecule has 196 valence electrons. The number of nitrogens with zero attached hydrogens (tertiary/aromatic N) is 1. The van der Waals surface area contributed by atoms with Gasteiger partial charge < -0.3 is 14.9 Å². The molecule has 2 N–H and O–H groups in total. The highest BCUT2D eigenvalue weighted by atomic mass is 16.5. The molecule has 0 saturated heterocycles. The molecule has 0 amide bonds. The first-order valence-electron chi connectivity index (χ1n) is 13.4. The third-order valence-corrected chi connectivity index (χ3v) is 7.95. The molecule has 1 unspecified atom stereocenters. The molecule has 5 nitrogen and oxygen atoms in total. The molecule has 1 aromatic heterocycles. The van der Waals surface area contributed by atoms with Crippen LogP contribution in [0.25, 0.3) is 22.5 Å². The van der Waals surface area contributed by atoms with E-state index in [0.717, 1.165) is 58.7 Å². The Morgan fingerprint density at radius 2 is 1.55 bits per heavy atom. The fourth-order valence-electron chi connectivity index (χ4n) is 5.64. The van der Waals surface area contributed by atoms with Gasteiger partial charge in [0.25, 0.3) is 0 Å². The van der Waals surface area contributed by atoms with E-state index < -0.39 is 5.97 Å². The van der Waals surface area contributed by atoms with Gasteiger partial charge in [-0.1, -0.05) is 97.9 Å². The van der Waals surface area contributed by atoms with Gasteiger partial charge in [-0.15, -0.1) is 0 Å². The van der Waals surface area contributed by atoms with Crippen LogP contribution in [0.1, 0.15) is 63.3 Å². The maximum absolute atomic E-state index is 11.3. The lowest BCUT2D eigenvalue weighted by atomic mass is 9.79. The van der Waals surface area contributed by atoms with Crippen molar-refractivity contribution >= 4 is 11.7 Å². The summed E-state index contributed by atoms with van der Waals surface area (Å²) in [7, 11) is 0. The Balaban J connectivity index is 1.30. The molecular formula is C33H36N2O3. The molecule has 0 spiro atoms. The Hall–Kier alpha value is -3.86. The van der Waals surface area contributed by atoms with Crippen LogP contribution in [0.4, 0.5) is 5.69 Å². The molecule has 1 fully saturated rings. The van der Waals surface area contributed by atoms with Gasteiger partial charge in [-0.05, 0) is 60.8 Å². The van der Waals surface area contributed by atoms with Crippen molar-refractivity contribution in [3.63, 3.8) is 0 Å². The third kappa shape index (κ3) is 5.38. The number of carboxylic acids is 1. The van der Waals surface area contributed by atoms with Gasteiger partial charge in [-0.2, -0.15) is 0 Å². The standard InChI is InChI=1S/C33H36N2O3/c1-22(20-32(3,4)27-8-6-5-7-9-27)34-30-23(2)35-38-31(30)26-12-10-24(11-13-26)25-14-16-28(17-15-25)33(18-19-33)21-29(36)37/h5-17,22,34H,18-21H2,1-4H3,(H,36,37). The summed E-state index contributed by atoms with van der Waals surface area (Å²) >= 11 is 0. The monoisotopic (exact) mass is 508 g/mol. The van der Waals surface area contributed by atoms with E-state index in [1.165, 1.54) is 5.56 Å². The van der Waals surface area contributed by atoms with Crippen molar-refractivity contribution < 1.29 is 14.4 Å². The highest BCUT2D eigenvalue weighted by Gasteiger charge is 2.45. The Morgan fingerprint density at radius 1 is 0.974 bits per heavy atom. The van der Waals surface area contributed by atoms with Crippen LogP contribution in [-0.4, -0.2) is 22.3 Å². The number of nitrogens with one attached hydrogen (secondary N) is 1. The first kappa shape index (κ1) is 25.8. The van der Waals surface area contributed by atoms with Crippen molar-refractivity contribution in [1.29, 1.82) is 0 Å². The topological polar surface area (TPSA) is 75.4 Å². The van der Waals surface area contributed by atoms with Gasteiger partial charge in [0.15, 0.2) is 5.76 Å². The second-order valence-corrected chi connectivity index (χ2v) is 11.5. The molecule has 4 aromatic rings. The van der Waals surface area contributed by atoms with Crippen LogP contribution in [-0.2, 0) is 15.6 Å². The summed E-state index contributed by atoms with van der Waals surface area (Å²) in [5, 5.41) is 17.2. The lowest BCUT2D eigenvalue weighted by Crippen LogP contribution is -2.28. The predicted molar refractivity (Wildman–Crippen MR) is 152 cm³/mol. The first-order chi connectivity index (χ1) is 18.2. The second kappa shape index (κ2) is 10.1. The summed E-state index contributed by atoms with van der Waals surface area (Å²) in [4.78, 5) is 11.3. The number of aryl methyl sites for hydroxylation is 1. The number of aromatic nitrogens is 1. The van der Waals surface area contributed by atoms with Crippen LogP contribution in [0.2, 0.25) is 0 Å². The number of hydrogen-bond donors (Lipinski definition) is 2. The fourth-order valence-corrected chi connectivity index (χ4v) is 5.64. The summed E-state index contributed by atoms with van der Waals surface area (Å²) in [5.41, 5.74) is 7.28. The van der Waals surface area contributed by atoms with Crippen LogP contribution in [0.5, 0.6) is 0 Å². The molecule has 38 heavy (non-hydrogen) atoms. The van der Waals surface area contributed by atoms with E-state index in [-0.39, 0.29) is 23.3 Å². The van der Waals surface area contributed by atoms with E-state index in [2.05, 4.69) is 110 Å². The number of carboxylic acid groups (broad SMARTS) is 1. The molecule has 1 aliphatic carbocycles. The summed E-state index contributed by atoms with van der Waals surface area (Å²) in [6, 6.07) is 27.5. The van der Waals surface area contributed by atoms with E-state index >= 15 is 0 Å². The molecule has 5 rings (SSSR count). The molecule has 1 aliphatic rings. The van der Waals surface area contributed by atoms with Crippen molar-refractivity contribution in [1.82, 2.24) is 5.16 Å². The largest absolute Gasteiger partial charge is 0.481 e. The zero-order valence-electron chi connectivity index (χ0n) is 22.6. The highest BCUT2D eigenvalue weighted by Crippen LogP contribution is 2.51. The SMILES string of the molecule is Cc1noc(-c2ccc(-c3ccc(C4(CC(=O)O)CC4)cc3)cc2)c1NC(C)CC(C)(C)c1ccccc1. The summed E-state index contributed by atoms with van der Waals surface area (Å²) in [5.74, 6) is 0.0195. The Kier molecular flexibility index (Phi) is 6.87. The minimum absolute atomic E-state index is 0.0306. The zero-order chi connectivity index (χ0) is 26.9. The van der Waals surface area contributed by atoms with Crippen molar-refractivity contribution in [2.24, 2.45) is 0 Å². The van der Waals surface area contributed by atoms with Gasteiger partial charge in [-0.25, -0.2) is 0 Å². The third-order valence-electron chi connectivity index (χ3n) is 7.95. The fraction of sp³-hybridized carbons (Fsp3) is 0.333. The lowest BCUT2D eigenvalue weighted by molar-refractivity contribution is -0.137. The van der Waals surface area contributed by atoms with E-state index in [1.54, 1.807) is 0 Å². The quantitative estimate of drug-likeness (QED) is 0.227. The van der Waals surface area contributed by atoms with Gasteiger partial charge in [0.05, 0.1) is 6.42 Å². The summed E-state index contributed by atoms with van der Waals surface area (Å²) in [6.07, 6.45) is 3.06. The van der Waals surface area contributed by atoms with Crippen LogP contribution < -0.4 is 5.32 Å². The van der Waals surface area contributed by atoms with Crippen LogP contribution in [0, 0.1) is 6.92 Å². The van der Waals surface area contributed by atoms with Gasteiger partial charge >= 0.3 is 5.97 Å². The average molecular weight is 509 g/mol. The molecule has 5 heteroatoms. The maximum atomic E-state index is 11.3. The lowest BCUT2D eigenvalue weighted by Gasteiger charge is -2.29. The zero-order valence-corrected chi connectivity index (χ0v) is 22.6. The van der Waals surface area contributed by atoms with Crippen molar-refractivity contribution in [3.05, 3.63) is 95.7 Å². The van der Waals surface area contributed by atoms with Crippen LogP contribution >= 0.6 is 0 Å². The number of aliphatic carboxylic acids is 1. The normalized spacial score (nSPS) is 15.2. The van der Waals surface area contributed by atoms with E-state index in [0.29, 0.717) is 0 Å². The molecule has 1 atom stereocenters. The average Bonchev–Trinajstić information content (AvgIpc) is 3.59. The highest BCUT2D eigenvalue weighted by molar-refractivity contribution is 5.77. The van der Waals surface area contributed by atoms with Crippen molar-refractivity contribution in [2.45, 2.75) is 70.3 Å². The van der Waals surface area contributed by atoms with E-state index in [4.69, 9.17) is 4.52 Å². The second-order valence-electron chi connectivity index (χ2n) is 11.5. The number of benzene rings is 3.